The minimum Gasteiger partial charge on any atom is -0.479 e. The highest BCUT2D eigenvalue weighted by atomic mass is 35.5. The first-order chi connectivity index (χ1) is 12.7. The van der Waals surface area contributed by atoms with Gasteiger partial charge in [0.1, 0.15) is 12.4 Å². The second-order valence-electron chi connectivity index (χ2n) is 5.66. The normalized spacial score (nSPS) is 10.0. The summed E-state index contributed by atoms with van der Waals surface area (Å²) < 4.78 is 5.47. The summed E-state index contributed by atoms with van der Waals surface area (Å²) in [7, 11) is 0. The van der Waals surface area contributed by atoms with Gasteiger partial charge in [-0.3, -0.25) is 4.79 Å². The van der Waals surface area contributed by atoms with Gasteiger partial charge in [-0.2, -0.15) is 0 Å². The van der Waals surface area contributed by atoms with E-state index in [2.05, 4.69) is 17.2 Å². The Kier molecular flexibility index (Phi) is 6.14. The lowest BCUT2D eigenvalue weighted by molar-refractivity contribution is -0.120. The van der Waals surface area contributed by atoms with E-state index >= 15 is 0 Å². The first-order valence-corrected chi connectivity index (χ1v) is 8.68. The van der Waals surface area contributed by atoms with Crippen LogP contribution in [0.5, 0.6) is 5.75 Å². The molecule has 1 amide bonds. The van der Waals surface area contributed by atoms with Gasteiger partial charge < -0.3 is 10.1 Å². The summed E-state index contributed by atoms with van der Waals surface area (Å²) in [6.07, 6.45) is 0.332. The Labute approximate surface area is 157 Å². The molecule has 26 heavy (non-hydrogen) atoms. The Bertz CT molecular complexity index is 967. The maximum atomic E-state index is 12.1. The van der Waals surface area contributed by atoms with Gasteiger partial charge in [0.25, 0.3) is 0 Å². The molecule has 3 rings (SSSR count). The fourth-order valence-corrected chi connectivity index (χ4v) is 2.80. The maximum absolute atomic E-state index is 12.1. The average molecular weight is 364 g/mol. The van der Waals surface area contributed by atoms with Crippen LogP contribution in [0.15, 0.2) is 66.7 Å². The predicted molar refractivity (Wildman–Crippen MR) is 105 cm³/mol. The number of halogens is 1. The van der Waals surface area contributed by atoms with Gasteiger partial charge in [-0.15, -0.1) is 0 Å². The predicted octanol–water partition coefficient (Wildman–Crippen LogP) is 4.23. The van der Waals surface area contributed by atoms with Crippen molar-refractivity contribution in [2.45, 2.75) is 6.42 Å². The van der Waals surface area contributed by atoms with E-state index in [1.807, 2.05) is 54.6 Å². The number of rotatable bonds is 5. The minimum absolute atomic E-state index is 0.0531. The Hall–Kier alpha value is -2.96. The zero-order valence-corrected chi connectivity index (χ0v) is 14.9. The summed E-state index contributed by atoms with van der Waals surface area (Å²) in [4.78, 5) is 12.1. The topological polar surface area (TPSA) is 38.3 Å². The van der Waals surface area contributed by atoms with E-state index in [0.29, 0.717) is 17.2 Å². The Morgan fingerprint density at radius 2 is 1.73 bits per heavy atom. The largest absolute Gasteiger partial charge is 0.479 e. The van der Waals surface area contributed by atoms with Crippen molar-refractivity contribution in [3.8, 4) is 17.6 Å². The maximum Gasteiger partial charge on any atom is 0.225 e. The van der Waals surface area contributed by atoms with Crippen LogP contribution < -0.4 is 10.1 Å². The van der Waals surface area contributed by atoms with E-state index in [4.69, 9.17) is 16.3 Å². The quantitative estimate of drug-likeness (QED) is 0.689. The zero-order chi connectivity index (χ0) is 18.2. The van der Waals surface area contributed by atoms with Gasteiger partial charge in [-0.25, -0.2) is 0 Å². The SMILES string of the molecule is O=C(Cc1cccc2ccccc12)NCC#CCOc1ccccc1Cl. The first kappa shape index (κ1) is 17.8. The molecule has 0 saturated carbocycles. The molecule has 1 N–H and O–H groups in total. The molecule has 0 aliphatic heterocycles. The summed E-state index contributed by atoms with van der Waals surface area (Å²) in [5, 5.41) is 5.60. The lowest BCUT2D eigenvalue weighted by Gasteiger charge is -2.06. The molecule has 0 aliphatic carbocycles. The van der Waals surface area contributed by atoms with Gasteiger partial charge in [-0.05, 0) is 28.5 Å². The van der Waals surface area contributed by atoms with Crippen molar-refractivity contribution in [2.75, 3.05) is 13.2 Å². The molecule has 0 heterocycles. The van der Waals surface area contributed by atoms with Crippen molar-refractivity contribution in [1.29, 1.82) is 0 Å². The van der Waals surface area contributed by atoms with Crippen LogP contribution in [0.1, 0.15) is 5.56 Å². The monoisotopic (exact) mass is 363 g/mol. The molecule has 3 aromatic carbocycles. The van der Waals surface area contributed by atoms with Crippen molar-refractivity contribution in [3.63, 3.8) is 0 Å². The average Bonchev–Trinajstić information content (AvgIpc) is 2.66. The lowest BCUT2D eigenvalue weighted by atomic mass is 10.0. The van der Waals surface area contributed by atoms with Gasteiger partial charge in [-0.1, -0.05) is 78.0 Å². The second kappa shape index (κ2) is 8.94. The van der Waals surface area contributed by atoms with Crippen molar-refractivity contribution in [2.24, 2.45) is 0 Å². The number of ether oxygens (including phenoxy) is 1. The van der Waals surface area contributed by atoms with Crippen LogP contribution in [0.4, 0.5) is 0 Å². The summed E-state index contributed by atoms with van der Waals surface area (Å²) in [6.45, 7) is 0.512. The molecule has 0 radical (unpaired) electrons. The van der Waals surface area contributed by atoms with Crippen LogP contribution in [-0.2, 0) is 11.2 Å². The highest BCUT2D eigenvalue weighted by Crippen LogP contribution is 2.22. The molecule has 0 aliphatic rings. The minimum atomic E-state index is -0.0531. The number of benzene rings is 3. The summed E-state index contributed by atoms with van der Waals surface area (Å²) >= 11 is 5.99. The van der Waals surface area contributed by atoms with E-state index in [1.54, 1.807) is 12.1 Å². The molecular formula is C22H18ClNO2. The molecule has 3 aromatic rings. The Morgan fingerprint density at radius 1 is 0.962 bits per heavy atom. The van der Waals surface area contributed by atoms with Crippen molar-refractivity contribution >= 4 is 28.3 Å². The van der Waals surface area contributed by atoms with Crippen LogP contribution in [0.3, 0.4) is 0 Å². The lowest BCUT2D eigenvalue weighted by Crippen LogP contribution is -2.25. The fourth-order valence-electron chi connectivity index (χ4n) is 2.61. The molecule has 0 fully saturated rings. The zero-order valence-electron chi connectivity index (χ0n) is 14.2. The van der Waals surface area contributed by atoms with Gasteiger partial charge in [0, 0.05) is 0 Å². The van der Waals surface area contributed by atoms with Crippen LogP contribution in [0.2, 0.25) is 5.02 Å². The molecule has 3 nitrogen and oxygen atoms in total. The number of carbonyl (C=O) groups excluding carboxylic acids is 1. The Balaban J connectivity index is 1.47. The first-order valence-electron chi connectivity index (χ1n) is 8.30. The number of hydrogen-bond donors (Lipinski definition) is 1. The molecule has 0 atom stereocenters. The van der Waals surface area contributed by atoms with Crippen LogP contribution in [0.25, 0.3) is 10.8 Å². The van der Waals surface area contributed by atoms with Crippen LogP contribution >= 0.6 is 11.6 Å². The fraction of sp³-hybridized carbons (Fsp3) is 0.136. The third-order valence-electron chi connectivity index (χ3n) is 3.87. The number of hydrogen-bond acceptors (Lipinski definition) is 2. The third-order valence-corrected chi connectivity index (χ3v) is 4.18. The number of carbonyl (C=O) groups is 1. The van der Waals surface area contributed by atoms with Crippen LogP contribution in [-0.4, -0.2) is 19.1 Å². The van der Waals surface area contributed by atoms with E-state index in [9.17, 15) is 4.79 Å². The van der Waals surface area contributed by atoms with E-state index < -0.39 is 0 Å². The molecule has 0 aromatic heterocycles. The van der Waals surface area contributed by atoms with Gasteiger partial charge in [0.2, 0.25) is 5.91 Å². The molecule has 130 valence electrons. The number of nitrogens with one attached hydrogen (secondary N) is 1. The molecule has 0 unspecified atom stereocenters. The van der Waals surface area contributed by atoms with E-state index in [-0.39, 0.29) is 19.1 Å². The molecule has 0 spiro atoms. The molecular weight excluding hydrogens is 346 g/mol. The number of fused-ring (bicyclic) bond motifs is 1. The Morgan fingerprint density at radius 3 is 2.62 bits per heavy atom. The second-order valence-corrected chi connectivity index (χ2v) is 6.07. The number of para-hydroxylation sites is 1. The third kappa shape index (κ3) is 4.78. The molecule has 0 saturated heterocycles. The highest BCUT2D eigenvalue weighted by Gasteiger charge is 2.05. The van der Waals surface area contributed by atoms with Gasteiger partial charge in [0.05, 0.1) is 18.0 Å². The van der Waals surface area contributed by atoms with Gasteiger partial charge in [0.15, 0.2) is 0 Å². The molecule has 0 bridgehead atoms. The standard InChI is InChI=1S/C22H18ClNO2/c23-20-12-3-4-13-21(20)26-15-6-5-14-24-22(25)16-18-10-7-9-17-8-1-2-11-19(17)18/h1-4,7-13H,14-16H2,(H,24,25). The number of amides is 1. The van der Waals surface area contributed by atoms with Crippen molar-refractivity contribution in [3.05, 3.63) is 77.3 Å². The summed E-state index contributed by atoms with van der Waals surface area (Å²) in [5.41, 5.74) is 1.01. The summed E-state index contributed by atoms with van der Waals surface area (Å²) in [5.74, 6) is 6.29. The van der Waals surface area contributed by atoms with Crippen molar-refractivity contribution < 1.29 is 9.53 Å². The van der Waals surface area contributed by atoms with Crippen LogP contribution in [0, 0.1) is 11.8 Å². The smallest absolute Gasteiger partial charge is 0.225 e. The summed E-state index contributed by atoms with van der Waals surface area (Å²) in [6, 6.07) is 21.3. The van der Waals surface area contributed by atoms with Crippen molar-refractivity contribution in [1.82, 2.24) is 5.32 Å². The molecule has 4 heteroatoms. The highest BCUT2D eigenvalue weighted by molar-refractivity contribution is 6.32. The van der Waals surface area contributed by atoms with Gasteiger partial charge >= 0.3 is 0 Å². The van der Waals surface area contributed by atoms with E-state index in [0.717, 1.165) is 16.3 Å². The van der Waals surface area contributed by atoms with E-state index in [1.165, 1.54) is 0 Å².